The number of rotatable bonds is 5. The highest BCUT2D eigenvalue weighted by molar-refractivity contribution is 7.91. The lowest BCUT2D eigenvalue weighted by atomic mass is 9.97. The topological polar surface area (TPSA) is 81.9 Å². The van der Waals surface area contributed by atoms with Gasteiger partial charge in [-0.2, -0.15) is 5.10 Å². The molecule has 1 fully saturated rings. The number of halogens is 1. The average molecular weight is 466 g/mol. The normalized spacial score (nSPS) is 17.6. The van der Waals surface area contributed by atoms with Crippen molar-refractivity contribution in [2.24, 2.45) is 5.92 Å². The highest BCUT2D eigenvalue weighted by Crippen LogP contribution is 2.34. The first-order valence-electron chi connectivity index (χ1n) is 10.3. The molecule has 1 aliphatic rings. The highest BCUT2D eigenvalue weighted by Gasteiger charge is 2.30. The summed E-state index contributed by atoms with van der Waals surface area (Å²) < 4.78 is 25.2. The maximum atomic E-state index is 13.0. The third-order valence-corrected chi connectivity index (χ3v) is 7.97. The second-order valence-corrected chi connectivity index (χ2v) is 10.7. The highest BCUT2D eigenvalue weighted by atomic mass is 35.5. The van der Waals surface area contributed by atoms with E-state index < -0.39 is 9.84 Å². The zero-order valence-electron chi connectivity index (χ0n) is 17.1. The number of benzene rings is 2. The molecule has 4 aromatic rings. The van der Waals surface area contributed by atoms with Crippen LogP contribution in [-0.2, 0) is 9.84 Å². The van der Waals surface area contributed by atoms with Gasteiger partial charge in [0.2, 0.25) is 0 Å². The van der Waals surface area contributed by atoms with E-state index in [4.69, 9.17) is 16.7 Å². The third kappa shape index (κ3) is 3.94. The summed E-state index contributed by atoms with van der Waals surface area (Å²) in [6, 6.07) is 18.5. The molecule has 162 valence electrons. The Balaban J connectivity index is 1.60. The van der Waals surface area contributed by atoms with Gasteiger partial charge in [0.05, 0.1) is 22.0 Å². The van der Waals surface area contributed by atoms with Crippen LogP contribution in [0.4, 0.5) is 0 Å². The molecule has 1 saturated heterocycles. The lowest BCUT2D eigenvalue weighted by molar-refractivity contribution is 0.0966. The summed E-state index contributed by atoms with van der Waals surface area (Å²) in [5.74, 6) is 0.688. The van der Waals surface area contributed by atoms with Gasteiger partial charge >= 0.3 is 0 Å². The number of hydrogen-bond acceptors (Lipinski definition) is 5. The SMILES string of the molecule is O=C(CC1CCS(=O)(=O)C1)c1ccc2c(-c3ccccc3Cl)nn(-c3ccccn3)c2c1. The first kappa shape index (κ1) is 20.8. The van der Waals surface area contributed by atoms with Gasteiger partial charge in [-0.3, -0.25) is 4.79 Å². The predicted octanol–water partition coefficient (Wildman–Crippen LogP) is 4.75. The molecule has 8 heteroatoms. The van der Waals surface area contributed by atoms with Crippen LogP contribution in [0, 0.1) is 5.92 Å². The Bertz CT molecular complexity index is 1430. The molecule has 1 atom stereocenters. The number of carbonyl (C=O) groups is 1. The van der Waals surface area contributed by atoms with Gasteiger partial charge in [0.1, 0.15) is 5.69 Å². The molecule has 3 heterocycles. The summed E-state index contributed by atoms with van der Waals surface area (Å²) in [6.07, 6.45) is 2.45. The van der Waals surface area contributed by atoms with Crippen LogP contribution in [-0.4, -0.2) is 40.5 Å². The first-order valence-corrected chi connectivity index (χ1v) is 12.5. The molecule has 32 heavy (non-hydrogen) atoms. The summed E-state index contributed by atoms with van der Waals surface area (Å²) in [7, 11) is -3.02. The number of fused-ring (bicyclic) bond motifs is 1. The van der Waals surface area contributed by atoms with Crippen molar-refractivity contribution < 1.29 is 13.2 Å². The number of ketones is 1. The second kappa shape index (κ2) is 8.15. The van der Waals surface area contributed by atoms with Gasteiger partial charge in [0, 0.05) is 29.1 Å². The summed E-state index contributed by atoms with van der Waals surface area (Å²) in [5, 5.41) is 6.23. The Morgan fingerprint density at radius 1 is 1.09 bits per heavy atom. The van der Waals surface area contributed by atoms with Gasteiger partial charge < -0.3 is 0 Å². The Morgan fingerprint density at radius 3 is 2.62 bits per heavy atom. The smallest absolute Gasteiger partial charge is 0.163 e. The second-order valence-electron chi connectivity index (χ2n) is 8.06. The fourth-order valence-electron chi connectivity index (χ4n) is 4.21. The molecule has 0 spiro atoms. The summed E-state index contributed by atoms with van der Waals surface area (Å²) in [5.41, 5.74) is 2.77. The number of pyridine rings is 1. The summed E-state index contributed by atoms with van der Waals surface area (Å²) >= 11 is 6.45. The first-order chi connectivity index (χ1) is 15.4. The van der Waals surface area contributed by atoms with Crippen LogP contribution in [0.15, 0.2) is 66.9 Å². The molecule has 0 amide bonds. The molecule has 0 N–H and O–H groups in total. The molecule has 2 aromatic carbocycles. The van der Waals surface area contributed by atoms with Gasteiger partial charge in [0.25, 0.3) is 0 Å². The van der Waals surface area contributed by atoms with Gasteiger partial charge in [-0.1, -0.05) is 41.9 Å². The Labute approximate surface area is 190 Å². The monoisotopic (exact) mass is 465 g/mol. The quantitative estimate of drug-likeness (QED) is 0.397. The molecule has 0 aliphatic carbocycles. The fraction of sp³-hybridized carbons (Fsp3) is 0.208. The Morgan fingerprint density at radius 2 is 1.91 bits per heavy atom. The number of carbonyl (C=O) groups excluding carboxylic acids is 1. The lowest BCUT2D eigenvalue weighted by Gasteiger charge is -2.08. The van der Waals surface area contributed by atoms with Crippen LogP contribution >= 0.6 is 11.6 Å². The summed E-state index contributed by atoms with van der Waals surface area (Å²) in [4.78, 5) is 17.4. The molecule has 0 radical (unpaired) electrons. The minimum atomic E-state index is -3.02. The van der Waals surface area contributed by atoms with Crippen LogP contribution < -0.4 is 0 Å². The molecule has 2 aromatic heterocycles. The molecule has 0 saturated carbocycles. The molecule has 1 aliphatic heterocycles. The van der Waals surface area contributed by atoms with Crippen molar-refractivity contribution in [1.82, 2.24) is 14.8 Å². The van der Waals surface area contributed by atoms with E-state index in [1.807, 2.05) is 54.6 Å². The molecular weight excluding hydrogens is 446 g/mol. The zero-order chi connectivity index (χ0) is 22.3. The van der Waals surface area contributed by atoms with Crippen LogP contribution in [0.2, 0.25) is 5.02 Å². The molecule has 6 nitrogen and oxygen atoms in total. The number of Topliss-reactive ketones (excluding diaryl/α,β-unsaturated/α-hetero) is 1. The lowest BCUT2D eigenvalue weighted by Crippen LogP contribution is -2.11. The van der Waals surface area contributed by atoms with Crippen molar-refractivity contribution in [3.05, 3.63) is 77.4 Å². The van der Waals surface area contributed by atoms with Gasteiger partial charge in [-0.25, -0.2) is 18.1 Å². The van der Waals surface area contributed by atoms with E-state index in [0.717, 1.165) is 16.5 Å². The van der Waals surface area contributed by atoms with Gasteiger partial charge in [0.15, 0.2) is 21.4 Å². The predicted molar refractivity (Wildman–Crippen MR) is 125 cm³/mol. The Hall–Kier alpha value is -3.03. The summed E-state index contributed by atoms with van der Waals surface area (Å²) in [6.45, 7) is 0. The number of sulfone groups is 1. The van der Waals surface area contributed by atoms with E-state index >= 15 is 0 Å². The maximum absolute atomic E-state index is 13.0. The standard InChI is InChI=1S/C24H20ClN3O3S/c25-20-6-2-1-5-18(20)24-19-9-8-17(22(29)13-16-10-12-32(30,31)15-16)14-21(19)28(27-24)23-7-3-4-11-26-23/h1-9,11,14,16H,10,12-13,15H2. The van der Waals surface area contributed by atoms with E-state index in [0.29, 0.717) is 28.5 Å². The number of aromatic nitrogens is 3. The fourth-order valence-corrected chi connectivity index (χ4v) is 6.29. The van der Waals surface area contributed by atoms with E-state index in [1.54, 1.807) is 16.9 Å². The van der Waals surface area contributed by atoms with Gasteiger partial charge in [-0.05, 0) is 42.7 Å². The van der Waals surface area contributed by atoms with E-state index in [-0.39, 0.29) is 29.6 Å². The molecule has 5 rings (SSSR count). The van der Waals surface area contributed by atoms with E-state index in [1.165, 1.54) is 0 Å². The minimum absolute atomic E-state index is 0.0675. The van der Waals surface area contributed by atoms with Crippen molar-refractivity contribution >= 4 is 38.1 Å². The minimum Gasteiger partial charge on any atom is -0.294 e. The van der Waals surface area contributed by atoms with Crippen LogP contribution in [0.25, 0.3) is 28.0 Å². The largest absolute Gasteiger partial charge is 0.294 e. The van der Waals surface area contributed by atoms with Crippen molar-refractivity contribution in [2.75, 3.05) is 11.5 Å². The van der Waals surface area contributed by atoms with E-state index in [9.17, 15) is 13.2 Å². The van der Waals surface area contributed by atoms with Crippen molar-refractivity contribution in [2.45, 2.75) is 12.8 Å². The van der Waals surface area contributed by atoms with E-state index in [2.05, 4.69) is 4.98 Å². The number of nitrogens with zero attached hydrogens (tertiary/aromatic N) is 3. The van der Waals surface area contributed by atoms with Crippen LogP contribution in [0.3, 0.4) is 0 Å². The van der Waals surface area contributed by atoms with Crippen molar-refractivity contribution in [3.8, 4) is 17.1 Å². The molecule has 0 bridgehead atoms. The number of hydrogen-bond donors (Lipinski definition) is 0. The van der Waals surface area contributed by atoms with Gasteiger partial charge in [-0.15, -0.1) is 0 Å². The Kier molecular flexibility index (Phi) is 5.31. The third-order valence-electron chi connectivity index (χ3n) is 5.80. The van der Waals surface area contributed by atoms with Crippen LogP contribution in [0.1, 0.15) is 23.2 Å². The maximum Gasteiger partial charge on any atom is 0.163 e. The van der Waals surface area contributed by atoms with Crippen molar-refractivity contribution in [3.63, 3.8) is 0 Å². The van der Waals surface area contributed by atoms with Crippen molar-refractivity contribution in [1.29, 1.82) is 0 Å². The van der Waals surface area contributed by atoms with Crippen LogP contribution in [0.5, 0.6) is 0 Å². The molecular formula is C24H20ClN3O3S. The average Bonchev–Trinajstić information content (AvgIpc) is 3.33. The molecule has 1 unspecified atom stereocenters. The zero-order valence-corrected chi connectivity index (χ0v) is 18.7.